The van der Waals surface area contributed by atoms with E-state index in [4.69, 9.17) is 4.99 Å². The van der Waals surface area contributed by atoms with E-state index in [2.05, 4.69) is 77.8 Å². The first-order valence-corrected chi connectivity index (χ1v) is 11.0. The zero-order chi connectivity index (χ0) is 21.9. The predicted molar refractivity (Wildman–Crippen MR) is 141 cm³/mol. The molecule has 0 amide bonds. The number of rotatable bonds is 11. The van der Waals surface area contributed by atoms with Gasteiger partial charge in [-0.15, -0.1) is 34.2 Å². The molecule has 7 nitrogen and oxygen atoms in total. The lowest BCUT2D eigenvalue weighted by molar-refractivity contribution is 0.488. The molecule has 0 bridgehead atoms. The fourth-order valence-corrected chi connectivity index (χ4v) is 3.11. The molecular weight excluding hydrogens is 501 g/mol. The van der Waals surface area contributed by atoms with Gasteiger partial charge in [-0.3, -0.25) is 0 Å². The lowest BCUT2D eigenvalue weighted by Crippen LogP contribution is -2.43. The molecule has 1 heterocycles. The predicted octanol–water partition coefficient (Wildman–Crippen LogP) is 4.13. The molecule has 0 saturated carbocycles. The Morgan fingerprint density at radius 1 is 1.13 bits per heavy atom. The van der Waals surface area contributed by atoms with Gasteiger partial charge in [-0.05, 0) is 51.2 Å². The summed E-state index contributed by atoms with van der Waals surface area (Å²) in [5.74, 6) is 3.32. The fraction of sp³-hybridized carbons (Fsp3) is 0.609. The molecule has 1 aromatic carbocycles. The lowest BCUT2D eigenvalue weighted by Gasteiger charge is -2.21. The number of para-hydroxylation sites is 1. The van der Waals surface area contributed by atoms with Crippen LogP contribution < -0.4 is 15.5 Å². The van der Waals surface area contributed by atoms with Crippen LogP contribution in [0.15, 0.2) is 35.3 Å². The molecule has 0 spiro atoms. The summed E-state index contributed by atoms with van der Waals surface area (Å²) < 4.78 is 1.98. The first-order valence-electron chi connectivity index (χ1n) is 11.0. The molecule has 0 fully saturated rings. The second kappa shape index (κ2) is 14.3. The van der Waals surface area contributed by atoms with Gasteiger partial charge in [0.2, 0.25) is 0 Å². The van der Waals surface area contributed by atoms with Crippen molar-refractivity contribution in [3.63, 3.8) is 0 Å². The third kappa shape index (κ3) is 9.88. The highest BCUT2D eigenvalue weighted by Crippen LogP contribution is 2.11. The minimum atomic E-state index is 0. The molecular formula is C23H40IN7. The van der Waals surface area contributed by atoms with Crippen LogP contribution in [0.3, 0.4) is 0 Å². The van der Waals surface area contributed by atoms with E-state index in [0.717, 1.165) is 43.5 Å². The summed E-state index contributed by atoms with van der Waals surface area (Å²) in [6, 6.07) is 10.8. The number of aliphatic imine (C=N–C) groups is 1. The number of guanidine groups is 1. The maximum atomic E-state index is 4.77. The fourth-order valence-electron chi connectivity index (χ4n) is 3.11. The van der Waals surface area contributed by atoms with E-state index < -0.39 is 0 Å². The van der Waals surface area contributed by atoms with Crippen molar-refractivity contribution in [2.24, 2.45) is 18.0 Å². The van der Waals surface area contributed by atoms with E-state index in [-0.39, 0.29) is 24.0 Å². The van der Waals surface area contributed by atoms with Gasteiger partial charge in [0.15, 0.2) is 11.8 Å². The summed E-state index contributed by atoms with van der Waals surface area (Å²) in [5, 5.41) is 15.4. The highest BCUT2D eigenvalue weighted by molar-refractivity contribution is 14.0. The molecule has 0 radical (unpaired) electrons. The minimum Gasteiger partial charge on any atom is -0.375 e. The number of anilines is 1. The number of hydrogen-bond donors (Lipinski definition) is 2. The second-order valence-electron chi connectivity index (χ2n) is 8.44. The molecule has 0 aliphatic rings. The van der Waals surface area contributed by atoms with Crippen molar-refractivity contribution in [1.82, 2.24) is 25.4 Å². The van der Waals surface area contributed by atoms with Gasteiger partial charge in [0.25, 0.3) is 0 Å². The number of aryl methyl sites for hydroxylation is 1. The van der Waals surface area contributed by atoms with Crippen molar-refractivity contribution in [3.8, 4) is 0 Å². The summed E-state index contributed by atoms with van der Waals surface area (Å²) in [7, 11) is 4.11. The number of aromatic nitrogens is 3. The van der Waals surface area contributed by atoms with Gasteiger partial charge in [0, 0.05) is 38.9 Å². The first-order chi connectivity index (χ1) is 14.4. The smallest absolute Gasteiger partial charge is 0.191 e. The third-order valence-electron chi connectivity index (χ3n) is 5.28. The number of hydrogen-bond acceptors (Lipinski definition) is 4. The Morgan fingerprint density at radius 2 is 1.84 bits per heavy atom. The summed E-state index contributed by atoms with van der Waals surface area (Å²) in [5.41, 5.74) is 1.24. The van der Waals surface area contributed by atoms with Gasteiger partial charge in [-0.25, -0.2) is 4.99 Å². The SMILES string of the molecule is Cc1nnc(CN=C(NCCCN(C)c2ccccc2)NC(C)CCC(C)C)n1C.I. The lowest BCUT2D eigenvalue weighted by atomic mass is 10.0. The molecule has 2 N–H and O–H groups in total. The summed E-state index contributed by atoms with van der Waals surface area (Å²) >= 11 is 0. The van der Waals surface area contributed by atoms with Crippen LogP contribution in [0, 0.1) is 12.8 Å². The van der Waals surface area contributed by atoms with Crippen molar-refractivity contribution in [3.05, 3.63) is 42.0 Å². The van der Waals surface area contributed by atoms with Crippen molar-refractivity contribution in [2.75, 3.05) is 25.0 Å². The summed E-state index contributed by atoms with van der Waals surface area (Å²) in [4.78, 5) is 7.04. The van der Waals surface area contributed by atoms with Crippen LogP contribution in [0.1, 0.15) is 51.7 Å². The first kappa shape index (κ1) is 27.2. The Morgan fingerprint density at radius 3 is 2.45 bits per heavy atom. The van der Waals surface area contributed by atoms with E-state index in [0.29, 0.717) is 18.5 Å². The van der Waals surface area contributed by atoms with Crippen molar-refractivity contribution >= 4 is 35.6 Å². The molecule has 31 heavy (non-hydrogen) atoms. The van der Waals surface area contributed by atoms with Gasteiger partial charge in [0.05, 0.1) is 0 Å². The van der Waals surface area contributed by atoms with Crippen LogP contribution in [0.25, 0.3) is 0 Å². The van der Waals surface area contributed by atoms with Gasteiger partial charge >= 0.3 is 0 Å². The van der Waals surface area contributed by atoms with Crippen molar-refractivity contribution in [2.45, 2.75) is 59.5 Å². The van der Waals surface area contributed by atoms with Gasteiger partial charge in [-0.1, -0.05) is 32.0 Å². The largest absolute Gasteiger partial charge is 0.375 e. The van der Waals surface area contributed by atoms with Gasteiger partial charge in [-0.2, -0.15) is 0 Å². The number of benzene rings is 1. The van der Waals surface area contributed by atoms with Gasteiger partial charge in [0.1, 0.15) is 12.4 Å². The minimum absolute atomic E-state index is 0. The maximum absolute atomic E-state index is 4.77. The Balaban J connectivity index is 0.00000480. The van der Waals surface area contributed by atoms with Crippen molar-refractivity contribution in [1.29, 1.82) is 0 Å². The standard InChI is InChI=1S/C23H39N7.HI/c1-18(2)13-14-19(3)26-23(25-17-22-28-27-20(4)30(22)6)24-15-10-16-29(5)21-11-8-7-9-12-21;/h7-9,11-12,18-19H,10,13-17H2,1-6H3,(H2,24,25,26);1H. The third-order valence-corrected chi connectivity index (χ3v) is 5.28. The zero-order valence-corrected chi connectivity index (χ0v) is 22.3. The van der Waals surface area contributed by atoms with E-state index >= 15 is 0 Å². The van der Waals surface area contributed by atoms with Crippen LogP contribution in [0.5, 0.6) is 0 Å². The zero-order valence-electron chi connectivity index (χ0n) is 19.9. The van der Waals surface area contributed by atoms with E-state index in [1.807, 2.05) is 24.6 Å². The summed E-state index contributed by atoms with van der Waals surface area (Å²) in [6.45, 7) is 11.0. The quantitative estimate of drug-likeness (QED) is 0.194. The van der Waals surface area contributed by atoms with Crippen LogP contribution in [0.4, 0.5) is 5.69 Å². The van der Waals surface area contributed by atoms with Gasteiger partial charge < -0.3 is 20.1 Å². The van der Waals surface area contributed by atoms with E-state index in [1.165, 1.54) is 12.1 Å². The molecule has 1 unspecified atom stereocenters. The Labute approximate surface area is 205 Å². The Hall–Kier alpha value is -1.84. The molecule has 0 aliphatic heterocycles. The molecule has 2 aromatic rings. The highest BCUT2D eigenvalue weighted by atomic mass is 127. The number of halogens is 1. The molecule has 1 atom stereocenters. The topological polar surface area (TPSA) is 70.4 Å². The monoisotopic (exact) mass is 541 g/mol. The number of nitrogens with one attached hydrogen (secondary N) is 2. The van der Waals surface area contributed by atoms with Crippen LogP contribution >= 0.6 is 24.0 Å². The normalized spacial score (nSPS) is 12.4. The summed E-state index contributed by atoms with van der Waals surface area (Å²) in [6.07, 6.45) is 3.35. The highest BCUT2D eigenvalue weighted by Gasteiger charge is 2.09. The second-order valence-corrected chi connectivity index (χ2v) is 8.44. The van der Waals surface area contributed by atoms with E-state index in [1.54, 1.807) is 0 Å². The van der Waals surface area contributed by atoms with Crippen LogP contribution in [-0.2, 0) is 13.6 Å². The maximum Gasteiger partial charge on any atom is 0.191 e. The average molecular weight is 542 g/mol. The molecule has 0 aliphatic carbocycles. The van der Waals surface area contributed by atoms with Crippen molar-refractivity contribution < 1.29 is 0 Å². The van der Waals surface area contributed by atoms with E-state index in [9.17, 15) is 0 Å². The molecule has 8 heteroatoms. The average Bonchev–Trinajstić information content (AvgIpc) is 3.05. The molecule has 2 rings (SSSR count). The molecule has 0 saturated heterocycles. The molecule has 174 valence electrons. The Kier molecular flexibility index (Phi) is 12.5. The van der Waals surface area contributed by atoms with Crippen LogP contribution in [-0.4, -0.2) is 46.9 Å². The molecule has 1 aromatic heterocycles. The Bertz CT molecular complexity index is 773. The number of nitrogens with zero attached hydrogens (tertiary/aromatic N) is 5. The van der Waals surface area contributed by atoms with Crippen LogP contribution in [0.2, 0.25) is 0 Å².